The number of nitrogens with zero attached hydrogens (tertiary/aromatic N) is 1. The maximum absolute atomic E-state index is 6.61. The number of rotatable bonds is 0. The van der Waals surface area contributed by atoms with Gasteiger partial charge in [0.1, 0.15) is 0 Å². The van der Waals surface area contributed by atoms with E-state index in [2.05, 4.69) is 10.2 Å². The summed E-state index contributed by atoms with van der Waals surface area (Å²) in [5.74, 6) is 1.74. The SMILES string of the molecule is C1CC2CC(C1)C1CCC(CC1)OC[C@@H]1N(CCC[C@@]13COCCN3)COCCO2. The Labute approximate surface area is 182 Å². The molecule has 172 valence electrons. The Kier molecular flexibility index (Phi) is 7.30. The Hall–Kier alpha value is -0.240. The summed E-state index contributed by atoms with van der Waals surface area (Å²) in [7, 11) is 0. The maximum Gasteiger partial charge on any atom is 0.0995 e. The van der Waals surface area contributed by atoms with Crippen LogP contribution >= 0.6 is 0 Å². The van der Waals surface area contributed by atoms with Crippen LogP contribution in [0.4, 0.5) is 0 Å². The van der Waals surface area contributed by atoms with E-state index in [1.54, 1.807) is 0 Å². The molecule has 2 aliphatic carbocycles. The van der Waals surface area contributed by atoms with Gasteiger partial charge in [-0.25, -0.2) is 0 Å². The third-order valence-electron chi connectivity index (χ3n) is 8.61. The van der Waals surface area contributed by atoms with Crippen LogP contribution in [0.15, 0.2) is 0 Å². The van der Waals surface area contributed by atoms with Crippen molar-refractivity contribution in [3.8, 4) is 0 Å². The summed E-state index contributed by atoms with van der Waals surface area (Å²) >= 11 is 0. The van der Waals surface area contributed by atoms with E-state index < -0.39 is 0 Å². The van der Waals surface area contributed by atoms with Gasteiger partial charge in [0, 0.05) is 13.1 Å². The standard InChI is InChI=1S/C24H42N2O4/c1-3-20-15-22(4-1)29-14-13-28-18-26-11-2-9-24(17-27-12-10-25-24)23(26)16-30-21-7-5-19(20)6-8-21/h19-23,25H,1-18H2/t19?,20?,21?,22?,23-,24+/m0/s1. The molecular formula is C24H42N2O4. The Morgan fingerprint density at radius 1 is 0.800 bits per heavy atom. The number of ether oxygens (including phenoxy) is 4. The Bertz CT molecular complexity index is 528. The van der Waals surface area contributed by atoms with Gasteiger partial charge in [-0.05, 0) is 69.6 Å². The second-order valence-electron chi connectivity index (χ2n) is 10.4. The molecule has 4 saturated heterocycles. The summed E-state index contributed by atoms with van der Waals surface area (Å²) in [5.41, 5.74) is 0.00995. The second kappa shape index (κ2) is 10.1. The summed E-state index contributed by atoms with van der Waals surface area (Å²) in [4.78, 5) is 2.50. The quantitative estimate of drug-likeness (QED) is 0.648. The average molecular weight is 423 g/mol. The topological polar surface area (TPSA) is 52.2 Å². The minimum Gasteiger partial charge on any atom is -0.378 e. The summed E-state index contributed by atoms with van der Waals surface area (Å²) in [6.45, 7) is 6.49. The third-order valence-corrected chi connectivity index (χ3v) is 8.61. The lowest BCUT2D eigenvalue weighted by Gasteiger charge is -2.52. The zero-order chi connectivity index (χ0) is 20.2. The molecule has 6 heteroatoms. The Morgan fingerprint density at radius 2 is 1.73 bits per heavy atom. The molecule has 0 aromatic carbocycles. The molecule has 0 amide bonds. The van der Waals surface area contributed by atoms with Crippen molar-refractivity contribution >= 4 is 0 Å². The van der Waals surface area contributed by atoms with E-state index in [9.17, 15) is 0 Å². The van der Waals surface area contributed by atoms with Crippen molar-refractivity contribution in [1.82, 2.24) is 10.2 Å². The van der Waals surface area contributed by atoms with Crippen molar-refractivity contribution in [2.45, 2.75) is 88.0 Å². The van der Waals surface area contributed by atoms with Gasteiger partial charge in [-0.3, -0.25) is 4.90 Å². The molecule has 2 unspecified atom stereocenters. The van der Waals surface area contributed by atoms with Gasteiger partial charge in [-0.1, -0.05) is 6.42 Å². The summed E-state index contributed by atoms with van der Waals surface area (Å²) < 4.78 is 24.9. The number of hydrogen-bond acceptors (Lipinski definition) is 6. The minimum absolute atomic E-state index is 0.00995. The van der Waals surface area contributed by atoms with Crippen LogP contribution in [0.5, 0.6) is 0 Å². The van der Waals surface area contributed by atoms with Gasteiger partial charge in [-0.15, -0.1) is 0 Å². The van der Waals surface area contributed by atoms with E-state index in [0.717, 1.165) is 57.8 Å². The maximum atomic E-state index is 6.61. The van der Waals surface area contributed by atoms with Crippen LogP contribution in [0.3, 0.4) is 0 Å². The summed E-state index contributed by atoms with van der Waals surface area (Å²) in [5, 5.41) is 3.83. The Balaban J connectivity index is 1.28. The number of nitrogens with one attached hydrogen (secondary N) is 1. The first kappa shape index (κ1) is 21.6. The van der Waals surface area contributed by atoms with E-state index in [1.165, 1.54) is 57.8 Å². The zero-order valence-electron chi connectivity index (χ0n) is 18.7. The van der Waals surface area contributed by atoms with Crippen LogP contribution in [0.2, 0.25) is 0 Å². The summed E-state index contributed by atoms with van der Waals surface area (Å²) in [6, 6.07) is 0.317. The fraction of sp³-hybridized carbons (Fsp3) is 1.00. The van der Waals surface area contributed by atoms with Crippen LogP contribution in [0.25, 0.3) is 0 Å². The highest BCUT2D eigenvalue weighted by Gasteiger charge is 2.46. The molecule has 4 heterocycles. The van der Waals surface area contributed by atoms with Gasteiger partial charge in [0.2, 0.25) is 0 Å². The van der Waals surface area contributed by atoms with E-state index in [4.69, 9.17) is 18.9 Å². The predicted molar refractivity (Wildman–Crippen MR) is 115 cm³/mol. The molecule has 6 nitrogen and oxygen atoms in total. The number of morpholine rings is 1. The van der Waals surface area contributed by atoms with Crippen LogP contribution in [0, 0.1) is 11.8 Å². The third kappa shape index (κ3) is 4.89. The predicted octanol–water partition coefficient (Wildman–Crippen LogP) is 2.95. The van der Waals surface area contributed by atoms with E-state index in [-0.39, 0.29) is 5.54 Å². The monoisotopic (exact) mass is 422 g/mol. The largest absolute Gasteiger partial charge is 0.378 e. The molecular weight excluding hydrogens is 380 g/mol. The molecule has 6 aliphatic rings. The van der Waals surface area contributed by atoms with Crippen molar-refractivity contribution in [2.75, 3.05) is 52.9 Å². The van der Waals surface area contributed by atoms with Crippen molar-refractivity contribution < 1.29 is 18.9 Å². The van der Waals surface area contributed by atoms with Crippen molar-refractivity contribution in [2.24, 2.45) is 11.8 Å². The van der Waals surface area contributed by atoms with Gasteiger partial charge < -0.3 is 24.3 Å². The normalized spacial score (nSPS) is 44.6. The first-order valence-electron chi connectivity index (χ1n) is 12.7. The molecule has 30 heavy (non-hydrogen) atoms. The molecule has 4 aliphatic heterocycles. The van der Waals surface area contributed by atoms with Crippen LogP contribution < -0.4 is 5.32 Å². The molecule has 1 N–H and O–H groups in total. The van der Waals surface area contributed by atoms with Gasteiger partial charge in [0.25, 0.3) is 0 Å². The van der Waals surface area contributed by atoms with Crippen LogP contribution in [-0.2, 0) is 18.9 Å². The van der Waals surface area contributed by atoms with Crippen molar-refractivity contribution in [1.29, 1.82) is 0 Å². The smallest absolute Gasteiger partial charge is 0.0995 e. The van der Waals surface area contributed by atoms with Gasteiger partial charge in [0.05, 0.1) is 63.6 Å². The summed E-state index contributed by atoms with van der Waals surface area (Å²) in [6.07, 6.45) is 13.6. The molecule has 0 radical (unpaired) electrons. The number of piperidine rings is 1. The highest BCUT2D eigenvalue weighted by molar-refractivity contribution is 5.04. The lowest BCUT2D eigenvalue weighted by Crippen LogP contribution is -2.70. The molecule has 6 fully saturated rings. The fourth-order valence-corrected chi connectivity index (χ4v) is 6.91. The molecule has 0 aromatic heterocycles. The first-order chi connectivity index (χ1) is 14.8. The average Bonchev–Trinajstić information content (AvgIpc) is 2.79. The number of fused-ring (bicyclic) bond motifs is 7. The minimum atomic E-state index is 0.00995. The van der Waals surface area contributed by atoms with E-state index in [0.29, 0.717) is 31.6 Å². The molecule has 2 saturated carbocycles. The lowest BCUT2D eigenvalue weighted by molar-refractivity contribution is -0.126. The van der Waals surface area contributed by atoms with Crippen molar-refractivity contribution in [3.63, 3.8) is 0 Å². The molecule has 6 rings (SSSR count). The molecule has 4 bridgehead atoms. The zero-order valence-corrected chi connectivity index (χ0v) is 18.7. The molecule has 1 spiro atoms. The highest BCUT2D eigenvalue weighted by atomic mass is 16.5. The van der Waals surface area contributed by atoms with Crippen LogP contribution in [0.1, 0.15) is 64.2 Å². The first-order valence-corrected chi connectivity index (χ1v) is 12.7. The van der Waals surface area contributed by atoms with Crippen LogP contribution in [-0.4, -0.2) is 81.5 Å². The fourth-order valence-electron chi connectivity index (χ4n) is 6.91. The van der Waals surface area contributed by atoms with E-state index in [1.807, 2.05) is 0 Å². The number of hydrogen-bond donors (Lipinski definition) is 1. The highest BCUT2D eigenvalue weighted by Crippen LogP contribution is 2.40. The lowest BCUT2D eigenvalue weighted by atomic mass is 9.72. The van der Waals surface area contributed by atoms with Gasteiger partial charge >= 0.3 is 0 Å². The molecule has 0 aromatic rings. The second-order valence-corrected chi connectivity index (χ2v) is 10.4. The van der Waals surface area contributed by atoms with Gasteiger partial charge in [0.15, 0.2) is 0 Å². The van der Waals surface area contributed by atoms with Crippen molar-refractivity contribution in [3.05, 3.63) is 0 Å². The molecule has 4 atom stereocenters. The van der Waals surface area contributed by atoms with Gasteiger partial charge in [-0.2, -0.15) is 0 Å². The Morgan fingerprint density at radius 3 is 2.60 bits per heavy atom. The van der Waals surface area contributed by atoms with E-state index >= 15 is 0 Å².